The maximum atomic E-state index is 12.9. The minimum Gasteiger partial charge on any atom is -0.372 e. The Morgan fingerprint density at radius 3 is 1.91 bits per heavy atom. The summed E-state index contributed by atoms with van der Waals surface area (Å²) in [6.07, 6.45) is 0. The molecule has 0 fully saturated rings. The van der Waals surface area contributed by atoms with E-state index in [1.165, 1.54) is 4.90 Å². The van der Waals surface area contributed by atoms with Crippen LogP contribution in [0.2, 0.25) is 0 Å². The van der Waals surface area contributed by atoms with Gasteiger partial charge in [0.2, 0.25) is 0 Å². The monoisotopic (exact) mass is 294 g/mol. The molecule has 2 aromatic rings. The van der Waals surface area contributed by atoms with Crippen molar-refractivity contribution in [3.8, 4) is 6.07 Å². The zero-order chi connectivity index (χ0) is 16.0. The molecule has 0 saturated carbocycles. The summed E-state index contributed by atoms with van der Waals surface area (Å²) >= 11 is 0. The van der Waals surface area contributed by atoms with Crippen LogP contribution in [0.5, 0.6) is 0 Å². The van der Waals surface area contributed by atoms with E-state index in [9.17, 15) is 9.90 Å². The first kappa shape index (κ1) is 15.7. The molecule has 1 N–H and O–H groups in total. The second-order valence-corrected chi connectivity index (χ2v) is 4.92. The van der Waals surface area contributed by atoms with Gasteiger partial charge in [-0.25, -0.2) is 0 Å². The maximum absolute atomic E-state index is 12.9. The highest BCUT2D eigenvalue weighted by atomic mass is 16.3. The van der Waals surface area contributed by atoms with Crippen molar-refractivity contribution in [3.63, 3.8) is 0 Å². The molecule has 0 aliphatic heterocycles. The van der Waals surface area contributed by atoms with Crippen LogP contribution in [0.4, 0.5) is 0 Å². The molecule has 4 heteroatoms. The molecule has 0 unspecified atom stereocenters. The Balaban J connectivity index is 2.57. The van der Waals surface area contributed by atoms with E-state index in [0.29, 0.717) is 17.7 Å². The van der Waals surface area contributed by atoms with E-state index < -0.39 is 11.5 Å². The fraction of sp³-hybridized carbons (Fsp3) is 0.222. The third kappa shape index (κ3) is 2.85. The fourth-order valence-corrected chi connectivity index (χ4v) is 2.41. The van der Waals surface area contributed by atoms with E-state index in [-0.39, 0.29) is 6.54 Å². The average Bonchev–Trinajstić information content (AvgIpc) is 2.60. The lowest BCUT2D eigenvalue weighted by molar-refractivity contribution is -0.147. The molecule has 4 nitrogen and oxygen atoms in total. The van der Waals surface area contributed by atoms with E-state index in [1.54, 1.807) is 55.5 Å². The molecule has 0 spiro atoms. The molecule has 2 rings (SSSR count). The highest BCUT2D eigenvalue weighted by Crippen LogP contribution is 2.31. The number of amides is 1. The van der Waals surface area contributed by atoms with Gasteiger partial charge in [0.05, 0.1) is 6.07 Å². The molecule has 0 saturated heterocycles. The highest BCUT2D eigenvalue weighted by Gasteiger charge is 2.42. The van der Waals surface area contributed by atoms with Crippen LogP contribution in [0, 0.1) is 11.3 Å². The molecular weight excluding hydrogens is 276 g/mol. The van der Waals surface area contributed by atoms with Crippen LogP contribution < -0.4 is 0 Å². The van der Waals surface area contributed by atoms with E-state index in [0.717, 1.165) is 0 Å². The molecule has 0 aromatic heterocycles. The van der Waals surface area contributed by atoms with Gasteiger partial charge in [0.25, 0.3) is 5.91 Å². The van der Waals surface area contributed by atoms with Gasteiger partial charge in [0.1, 0.15) is 6.54 Å². The third-order valence-electron chi connectivity index (χ3n) is 3.62. The van der Waals surface area contributed by atoms with Crippen molar-refractivity contribution in [2.75, 3.05) is 13.1 Å². The minimum absolute atomic E-state index is 0.0582. The predicted molar refractivity (Wildman–Crippen MR) is 83.7 cm³/mol. The lowest BCUT2D eigenvalue weighted by atomic mass is 9.85. The molecule has 2 aromatic carbocycles. The number of nitriles is 1. The third-order valence-corrected chi connectivity index (χ3v) is 3.62. The topological polar surface area (TPSA) is 64.3 Å². The number of aliphatic hydroxyl groups is 1. The van der Waals surface area contributed by atoms with Crippen LogP contribution in [0.1, 0.15) is 18.1 Å². The van der Waals surface area contributed by atoms with Gasteiger partial charge in [-0.2, -0.15) is 5.26 Å². The quantitative estimate of drug-likeness (QED) is 0.861. The van der Waals surface area contributed by atoms with Crippen molar-refractivity contribution in [1.82, 2.24) is 4.90 Å². The Bertz CT molecular complexity index is 623. The van der Waals surface area contributed by atoms with E-state index in [2.05, 4.69) is 0 Å². The van der Waals surface area contributed by atoms with Crippen molar-refractivity contribution >= 4 is 5.91 Å². The van der Waals surface area contributed by atoms with Gasteiger partial charge in [-0.15, -0.1) is 0 Å². The zero-order valence-electron chi connectivity index (χ0n) is 12.4. The maximum Gasteiger partial charge on any atom is 0.264 e. The van der Waals surface area contributed by atoms with Crippen molar-refractivity contribution < 1.29 is 9.90 Å². The summed E-state index contributed by atoms with van der Waals surface area (Å²) in [6.45, 7) is 2.08. The van der Waals surface area contributed by atoms with Crippen LogP contribution in [-0.2, 0) is 10.4 Å². The standard InChI is InChI=1S/C18H18N2O2/c1-2-20(14-13-19)17(21)18(22,15-9-5-3-6-10-15)16-11-7-4-8-12-16/h3-12,22H,2,14H2,1H3. The summed E-state index contributed by atoms with van der Waals surface area (Å²) < 4.78 is 0. The summed E-state index contributed by atoms with van der Waals surface area (Å²) in [7, 11) is 0. The lowest BCUT2D eigenvalue weighted by Crippen LogP contribution is -2.47. The van der Waals surface area contributed by atoms with Crippen LogP contribution in [0.3, 0.4) is 0 Å². The minimum atomic E-state index is -1.80. The summed E-state index contributed by atoms with van der Waals surface area (Å²) in [4.78, 5) is 14.3. The van der Waals surface area contributed by atoms with E-state index >= 15 is 0 Å². The number of hydrogen-bond acceptors (Lipinski definition) is 3. The average molecular weight is 294 g/mol. The number of rotatable bonds is 5. The van der Waals surface area contributed by atoms with Crippen molar-refractivity contribution in [3.05, 3.63) is 71.8 Å². The number of carbonyl (C=O) groups excluding carboxylic acids is 1. The summed E-state index contributed by atoms with van der Waals surface area (Å²) in [5.74, 6) is -0.492. The van der Waals surface area contributed by atoms with Gasteiger partial charge in [0, 0.05) is 6.54 Å². The van der Waals surface area contributed by atoms with Crippen LogP contribution in [-0.4, -0.2) is 29.0 Å². The highest BCUT2D eigenvalue weighted by molar-refractivity contribution is 5.90. The van der Waals surface area contributed by atoms with Crippen molar-refractivity contribution in [2.45, 2.75) is 12.5 Å². The molecule has 0 aliphatic carbocycles. The normalized spacial score (nSPS) is 10.8. The molecule has 22 heavy (non-hydrogen) atoms. The van der Waals surface area contributed by atoms with Gasteiger partial charge >= 0.3 is 0 Å². The van der Waals surface area contributed by atoms with Gasteiger partial charge in [-0.3, -0.25) is 4.79 Å². The van der Waals surface area contributed by atoms with E-state index in [4.69, 9.17) is 5.26 Å². The fourth-order valence-electron chi connectivity index (χ4n) is 2.41. The van der Waals surface area contributed by atoms with Crippen LogP contribution >= 0.6 is 0 Å². The number of benzene rings is 2. The Morgan fingerprint density at radius 1 is 1.09 bits per heavy atom. The smallest absolute Gasteiger partial charge is 0.264 e. The first-order valence-corrected chi connectivity index (χ1v) is 7.14. The zero-order valence-corrected chi connectivity index (χ0v) is 12.4. The summed E-state index contributed by atoms with van der Waals surface area (Å²) in [6, 6.07) is 19.6. The van der Waals surface area contributed by atoms with Crippen molar-refractivity contribution in [2.24, 2.45) is 0 Å². The molecule has 0 radical (unpaired) electrons. The predicted octanol–water partition coefficient (Wildman–Crippen LogP) is 2.29. The Labute approximate surface area is 130 Å². The van der Waals surface area contributed by atoms with Crippen LogP contribution in [0.15, 0.2) is 60.7 Å². The molecule has 0 atom stereocenters. The summed E-state index contributed by atoms with van der Waals surface area (Å²) in [5, 5.41) is 20.1. The van der Waals surface area contributed by atoms with Gasteiger partial charge in [-0.1, -0.05) is 60.7 Å². The second-order valence-electron chi connectivity index (χ2n) is 4.92. The first-order chi connectivity index (χ1) is 10.6. The Kier molecular flexibility index (Phi) is 4.92. The van der Waals surface area contributed by atoms with Gasteiger partial charge < -0.3 is 10.0 Å². The molecule has 0 heterocycles. The van der Waals surface area contributed by atoms with Gasteiger partial charge in [0.15, 0.2) is 5.60 Å². The lowest BCUT2D eigenvalue weighted by Gasteiger charge is -2.32. The number of likely N-dealkylation sites (N-methyl/N-ethyl adjacent to an activating group) is 1. The largest absolute Gasteiger partial charge is 0.372 e. The SMILES string of the molecule is CCN(CC#N)C(=O)C(O)(c1ccccc1)c1ccccc1. The number of nitrogens with zero attached hydrogens (tertiary/aromatic N) is 2. The number of hydrogen-bond donors (Lipinski definition) is 1. The molecule has 112 valence electrons. The molecule has 0 aliphatic rings. The molecule has 1 amide bonds. The Hall–Kier alpha value is -2.64. The molecule has 0 bridgehead atoms. The van der Waals surface area contributed by atoms with E-state index in [1.807, 2.05) is 18.2 Å². The van der Waals surface area contributed by atoms with Crippen LogP contribution in [0.25, 0.3) is 0 Å². The van der Waals surface area contributed by atoms with Gasteiger partial charge in [-0.05, 0) is 18.1 Å². The first-order valence-electron chi connectivity index (χ1n) is 7.14. The van der Waals surface area contributed by atoms with Crippen molar-refractivity contribution in [1.29, 1.82) is 5.26 Å². The second kappa shape index (κ2) is 6.88. The molecular formula is C18H18N2O2. The Morgan fingerprint density at radius 2 is 1.55 bits per heavy atom. The summed E-state index contributed by atoms with van der Waals surface area (Å²) in [5.41, 5.74) is -0.819. The number of carbonyl (C=O) groups is 1.